The third-order valence-electron chi connectivity index (χ3n) is 4.86. The molecule has 0 radical (unpaired) electrons. The zero-order valence-electron chi connectivity index (χ0n) is 14.5. The second-order valence-electron chi connectivity index (χ2n) is 6.68. The highest BCUT2D eigenvalue weighted by molar-refractivity contribution is 6.01. The summed E-state index contributed by atoms with van der Waals surface area (Å²) in [6, 6.07) is 7.44. The molecular weight excluding hydrogens is 349 g/mol. The topological polar surface area (TPSA) is 95.7 Å². The van der Waals surface area contributed by atoms with E-state index in [0.717, 1.165) is 27.5 Å². The van der Waals surface area contributed by atoms with Gasteiger partial charge < -0.3 is 20.0 Å². The van der Waals surface area contributed by atoms with E-state index in [4.69, 9.17) is 4.74 Å². The smallest absolute Gasteiger partial charge is 0.263 e. The van der Waals surface area contributed by atoms with Crippen LogP contribution in [0.1, 0.15) is 12.8 Å². The van der Waals surface area contributed by atoms with E-state index < -0.39 is 11.6 Å². The molecule has 1 amide bonds. The molecule has 0 saturated heterocycles. The molecule has 5 rings (SSSR count). The molecule has 27 heavy (non-hydrogen) atoms. The van der Waals surface area contributed by atoms with Gasteiger partial charge in [-0.3, -0.25) is 4.79 Å². The maximum absolute atomic E-state index is 13.8. The molecule has 8 heteroatoms. The highest BCUT2D eigenvalue weighted by Crippen LogP contribution is 2.41. The lowest BCUT2D eigenvalue weighted by Crippen LogP contribution is -2.25. The van der Waals surface area contributed by atoms with Crippen molar-refractivity contribution in [2.45, 2.75) is 18.5 Å². The lowest BCUT2D eigenvalue weighted by molar-refractivity contribution is -0.122. The summed E-state index contributed by atoms with van der Waals surface area (Å²) in [7, 11) is 1.58. The van der Waals surface area contributed by atoms with E-state index in [1.807, 2.05) is 30.6 Å². The number of aromatic amines is 2. The minimum atomic E-state index is -1.73. The van der Waals surface area contributed by atoms with Crippen molar-refractivity contribution in [3.63, 3.8) is 0 Å². The molecule has 0 unspecified atom stereocenters. The van der Waals surface area contributed by atoms with E-state index in [1.165, 1.54) is 0 Å². The Morgan fingerprint density at radius 2 is 2.04 bits per heavy atom. The van der Waals surface area contributed by atoms with Crippen LogP contribution in [0.5, 0.6) is 5.88 Å². The molecule has 136 valence electrons. The van der Waals surface area contributed by atoms with Crippen molar-refractivity contribution in [1.82, 2.24) is 19.9 Å². The standard InChI is InChI=1S/C19H16FN5O2/c1-27-17-12(8-10-4-7-21-15(10)25-17)13-9-22-16-11(13)2-3-14(23-16)24-18(26)19(20)5-6-19/h2-4,7-9H,5-6H2,1H3,(H,21,25)(H2,22,23,24,26). The average molecular weight is 365 g/mol. The maximum atomic E-state index is 13.8. The molecule has 1 aliphatic rings. The fourth-order valence-corrected chi connectivity index (χ4v) is 3.18. The van der Waals surface area contributed by atoms with Crippen LogP contribution in [-0.4, -0.2) is 38.6 Å². The van der Waals surface area contributed by atoms with Gasteiger partial charge in [0, 0.05) is 34.3 Å². The molecule has 0 spiro atoms. The van der Waals surface area contributed by atoms with Gasteiger partial charge in [-0.2, -0.15) is 4.98 Å². The number of rotatable bonds is 4. The number of methoxy groups -OCH3 is 1. The Labute approximate surface area is 153 Å². The first-order chi connectivity index (χ1) is 13.1. The summed E-state index contributed by atoms with van der Waals surface area (Å²) in [6.45, 7) is 0. The van der Waals surface area contributed by atoms with Crippen molar-refractivity contribution in [3.05, 3.63) is 36.7 Å². The van der Waals surface area contributed by atoms with Crippen LogP contribution in [0.25, 0.3) is 33.2 Å². The summed E-state index contributed by atoms with van der Waals surface area (Å²) in [5, 5.41) is 4.36. The Hall–Kier alpha value is -3.42. The molecule has 0 bridgehead atoms. The highest BCUT2D eigenvalue weighted by Gasteiger charge is 2.51. The summed E-state index contributed by atoms with van der Waals surface area (Å²) >= 11 is 0. The Bertz CT molecular complexity index is 1190. The van der Waals surface area contributed by atoms with E-state index in [1.54, 1.807) is 13.2 Å². The number of pyridine rings is 2. The molecule has 0 aliphatic heterocycles. The zero-order valence-corrected chi connectivity index (χ0v) is 14.5. The number of hydrogen-bond donors (Lipinski definition) is 3. The van der Waals surface area contributed by atoms with Crippen LogP contribution < -0.4 is 10.1 Å². The number of nitrogens with zero attached hydrogens (tertiary/aromatic N) is 2. The number of alkyl halides is 1. The first kappa shape index (κ1) is 15.8. The second kappa shape index (κ2) is 5.54. The molecule has 0 atom stereocenters. The van der Waals surface area contributed by atoms with Crippen LogP contribution in [-0.2, 0) is 4.79 Å². The van der Waals surface area contributed by atoms with Crippen LogP contribution in [0.2, 0.25) is 0 Å². The van der Waals surface area contributed by atoms with E-state index in [-0.39, 0.29) is 12.8 Å². The van der Waals surface area contributed by atoms with Crippen molar-refractivity contribution in [2.24, 2.45) is 0 Å². The summed E-state index contributed by atoms with van der Waals surface area (Å²) in [6.07, 6.45) is 4.17. The molecule has 7 nitrogen and oxygen atoms in total. The van der Waals surface area contributed by atoms with E-state index in [9.17, 15) is 9.18 Å². The number of aromatic nitrogens is 4. The van der Waals surface area contributed by atoms with Crippen LogP contribution in [0.4, 0.5) is 10.2 Å². The van der Waals surface area contributed by atoms with Crippen molar-refractivity contribution in [2.75, 3.05) is 12.4 Å². The van der Waals surface area contributed by atoms with Crippen LogP contribution in [0.3, 0.4) is 0 Å². The third-order valence-corrected chi connectivity index (χ3v) is 4.86. The number of fused-ring (bicyclic) bond motifs is 2. The largest absolute Gasteiger partial charge is 0.480 e. The molecule has 1 fully saturated rings. The molecule has 0 aromatic carbocycles. The first-order valence-corrected chi connectivity index (χ1v) is 8.58. The summed E-state index contributed by atoms with van der Waals surface area (Å²) in [5.74, 6) is 0.178. The zero-order chi connectivity index (χ0) is 18.6. The monoisotopic (exact) mass is 365 g/mol. The Kier molecular flexibility index (Phi) is 3.24. The lowest BCUT2D eigenvalue weighted by atomic mass is 10.1. The van der Waals surface area contributed by atoms with Gasteiger partial charge in [-0.15, -0.1) is 0 Å². The fourth-order valence-electron chi connectivity index (χ4n) is 3.18. The number of ether oxygens (including phenoxy) is 1. The van der Waals surface area contributed by atoms with Crippen molar-refractivity contribution in [1.29, 1.82) is 0 Å². The van der Waals surface area contributed by atoms with Gasteiger partial charge in [-0.1, -0.05) is 0 Å². The summed E-state index contributed by atoms with van der Waals surface area (Å²) in [5.41, 5.74) is 1.31. The number of amides is 1. The predicted molar refractivity (Wildman–Crippen MR) is 99.4 cm³/mol. The number of H-pyrrole nitrogens is 2. The molecule has 4 heterocycles. The molecule has 1 saturated carbocycles. The average Bonchev–Trinajstić information content (AvgIpc) is 3.09. The molecule has 1 aliphatic carbocycles. The minimum absolute atomic E-state index is 0.266. The Morgan fingerprint density at radius 3 is 2.81 bits per heavy atom. The summed E-state index contributed by atoms with van der Waals surface area (Å²) < 4.78 is 19.3. The molecule has 4 aromatic heterocycles. The van der Waals surface area contributed by atoms with Crippen molar-refractivity contribution >= 4 is 33.8 Å². The number of nitrogens with one attached hydrogen (secondary N) is 3. The fraction of sp³-hybridized carbons (Fsp3) is 0.211. The Morgan fingerprint density at radius 1 is 1.19 bits per heavy atom. The lowest BCUT2D eigenvalue weighted by Gasteiger charge is -2.08. The van der Waals surface area contributed by atoms with Crippen LogP contribution in [0, 0.1) is 0 Å². The molecule has 3 N–H and O–H groups in total. The van der Waals surface area contributed by atoms with Gasteiger partial charge in [0.15, 0.2) is 5.67 Å². The Balaban J connectivity index is 1.56. The quantitative estimate of drug-likeness (QED) is 0.515. The minimum Gasteiger partial charge on any atom is -0.480 e. The van der Waals surface area contributed by atoms with Crippen LogP contribution >= 0.6 is 0 Å². The van der Waals surface area contributed by atoms with Crippen molar-refractivity contribution in [3.8, 4) is 17.0 Å². The van der Waals surface area contributed by atoms with E-state index in [0.29, 0.717) is 17.3 Å². The number of carbonyl (C=O) groups is 1. The van der Waals surface area contributed by atoms with Gasteiger partial charge in [-0.05, 0) is 37.1 Å². The summed E-state index contributed by atoms with van der Waals surface area (Å²) in [4.78, 5) is 26.9. The number of anilines is 1. The van der Waals surface area contributed by atoms with Gasteiger partial charge >= 0.3 is 0 Å². The van der Waals surface area contributed by atoms with Gasteiger partial charge in [-0.25, -0.2) is 9.37 Å². The van der Waals surface area contributed by atoms with Gasteiger partial charge in [0.1, 0.15) is 17.1 Å². The second-order valence-corrected chi connectivity index (χ2v) is 6.68. The SMILES string of the molecule is COc1nc2[nH]ccc2cc1-c1c[nH]c2nc(NC(=O)C3(F)CC3)ccc12. The first-order valence-electron chi connectivity index (χ1n) is 8.58. The number of hydrogen-bond acceptors (Lipinski definition) is 4. The highest BCUT2D eigenvalue weighted by atomic mass is 19.1. The van der Waals surface area contributed by atoms with Gasteiger partial charge in [0.25, 0.3) is 5.91 Å². The van der Waals surface area contributed by atoms with E-state index >= 15 is 0 Å². The predicted octanol–water partition coefficient (Wildman–Crippen LogP) is 3.56. The molecular formula is C19H16FN5O2. The van der Waals surface area contributed by atoms with Gasteiger partial charge in [0.05, 0.1) is 7.11 Å². The van der Waals surface area contributed by atoms with Crippen molar-refractivity contribution < 1.29 is 13.9 Å². The van der Waals surface area contributed by atoms with E-state index in [2.05, 4.69) is 25.3 Å². The maximum Gasteiger partial charge on any atom is 0.263 e. The normalized spacial score (nSPS) is 15.2. The van der Waals surface area contributed by atoms with Crippen LogP contribution in [0.15, 0.2) is 36.7 Å². The third kappa shape index (κ3) is 2.52. The molecule has 4 aromatic rings. The number of halogens is 1. The number of carbonyl (C=O) groups excluding carboxylic acids is 1. The van der Waals surface area contributed by atoms with Gasteiger partial charge in [0.2, 0.25) is 5.88 Å².